The lowest BCUT2D eigenvalue weighted by molar-refractivity contribution is -0.133. The molecule has 0 aliphatic heterocycles. The molecule has 0 saturated heterocycles. The monoisotopic (exact) mass is 301 g/mol. The molecule has 0 bridgehead atoms. The maximum absolute atomic E-state index is 11.9. The van der Waals surface area contributed by atoms with Crippen LogP contribution in [0.1, 0.15) is 11.1 Å². The van der Waals surface area contributed by atoms with Crippen molar-refractivity contribution < 1.29 is 19.1 Å². The van der Waals surface area contributed by atoms with Gasteiger partial charge in [-0.2, -0.15) is 0 Å². The molecule has 0 unspecified atom stereocenters. The summed E-state index contributed by atoms with van der Waals surface area (Å²) in [5.74, 6) is 1.05. The van der Waals surface area contributed by atoms with E-state index in [-0.39, 0.29) is 12.3 Å². The molecule has 0 heterocycles. The van der Waals surface area contributed by atoms with Gasteiger partial charge < -0.3 is 9.47 Å². The predicted octanol–water partition coefficient (Wildman–Crippen LogP) is 2.49. The molecule has 0 radical (unpaired) electrons. The maximum atomic E-state index is 11.9. The Bertz CT molecular complexity index is 613. The summed E-state index contributed by atoms with van der Waals surface area (Å²) in [4.78, 5) is 17.1. The van der Waals surface area contributed by atoms with Crippen molar-refractivity contribution >= 4 is 5.91 Å². The first kappa shape index (κ1) is 15.9. The molecule has 0 aromatic heterocycles. The molecule has 22 heavy (non-hydrogen) atoms. The quantitative estimate of drug-likeness (QED) is 0.798. The average Bonchev–Trinajstić information content (AvgIpc) is 2.56. The molecule has 1 N–H and O–H groups in total. The Morgan fingerprint density at radius 2 is 1.82 bits per heavy atom. The summed E-state index contributed by atoms with van der Waals surface area (Å²) in [6.07, 6.45) is 0.169. The normalized spacial score (nSPS) is 10.1. The van der Waals surface area contributed by atoms with Crippen LogP contribution in [0.5, 0.6) is 11.5 Å². The Balaban J connectivity index is 1.86. The van der Waals surface area contributed by atoms with Gasteiger partial charge in [-0.3, -0.25) is 9.63 Å². The number of hydrogen-bond acceptors (Lipinski definition) is 4. The summed E-state index contributed by atoms with van der Waals surface area (Å²) < 4.78 is 10.4. The summed E-state index contributed by atoms with van der Waals surface area (Å²) in [5, 5.41) is 0. The maximum Gasteiger partial charge on any atom is 0.248 e. The number of methoxy groups -OCH3 is 2. The largest absolute Gasteiger partial charge is 0.497 e. The van der Waals surface area contributed by atoms with Gasteiger partial charge in [0.05, 0.1) is 27.2 Å². The van der Waals surface area contributed by atoms with Crippen LogP contribution in [0.25, 0.3) is 0 Å². The van der Waals surface area contributed by atoms with Crippen molar-refractivity contribution in [2.24, 2.45) is 0 Å². The van der Waals surface area contributed by atoms with E-state index in [1.165, 1.54) is 0 Å². The second-order valence-corrected chi connectivity index (χ2v) is 4.65. The highest BCUT2D eigenvalue weighted by Gasteiger charge is 2.10. The molecule has 2 aromatic carbocycles. The third-order valence-electron chi connectivity index (χ3n) is 3.11. The summed E-state index contributed by atoms with van der Waals surface area (Å²) >= 11 is 0. The first-order chi connectivity index (χ1) is 10.7. The molecule has 0 spiro atoms. The number of carbonyl (C=O) groups excluding carboxylic acids is 1. The van der Waals surface area contributed by atoms with Crippen molar-refractivity contribution in [1.82, 2.24) is 5.48 Å². The van der Waals surface area contributed by atoms with Gasteiger partial charge in [-0.05, 0) is 11.6 Å². The summed E-state index contributed by atoms with van der Waals surface area (Å²) in [5.41, 5.74) is 4.19. The molecule has 0 aliphatic carbocycles. The van der Waals surface area contributed by atoms with Crippen molar-refractivity contribution in [2.75, 3.05) is 14.2 Å². The number of carbonyl (C=O) groups is 1. The Labute approximate surface area is 129 Å². The van der Waals surface area contributed by atoms with Crippen LogP contribution in [0.4, 0.5) is 0 Å². The van der Waals surface area contributed by atoms with Crippen LogP contribution in [0.3, 0.4) is 0 Å². The Hall–Kier alpha value is -2.53. The standard InChI is InChI=1S/C17H19NO4/c1-20-15-9-8-14(16(11-15)21-2)10-17(19)18-22-12-13-6-4-3-5-7-13/h3-9,11H,10,12H2,1-2H3,(H,18,19). The molecule has 0 saturated carbocycles. The van der Waals surface area contributed by atoms with Gasteiger partial charge >= 0.3 is 0 Å². The van der Waals surface area contributed by atoms with E-state index in [9.17, 15) is 4.79 Å². The van der Waals surface area contributed by atoms with Crippen LogP contribution >= 0.6 is 0 Å². The highest BCUT2D eigenvalue weighted by molar-refractivity contribution is 5.78. The number of rotatable bonds is 7. The summed E-state index contributed by atoms with van der Waals surface area (Å²) in [7, 11) is 3.14. The van der Waals surface area contributed by atoms with E-state index in [2.05, 4.69) is 5.48 Å². The molecular formula is C17H19NO4. The highest BCUT2D eigenvalue weighted by atomic mass is 16.6. The van der Waals surface area contributed by atoms with E-state index in [0.29, 0.717) is 18.1 Å². The van der Waals surface area contributed by atoms with Crippen LogP contribution in [-0.4, -0.2) is 20.1 Å². The van der Waals surface area contributed by atoms with Crippen LogP contribution < -0.4 is 15.0 Å². The fourth-order valence-corrected chi connectivity index (χ4v) is 1.98. The van der Waals surface area contributed by atoms with Crippen LogP contribution in [0.2, 0.25) is 0 Å². The SMILES string of the molecule is COc1ccc(CC(=O)NOCc2ccccc2)c(OC)c1. The van der Waals surface area contributed by atoms with Crippen molar-refractivity contribution in [1.29, 1.82) is 0 Å². The van der Waals surface area contributed by atoms with Crippen LogP contribution in [0.15, 0.2) is 48.5 Å². The van der Waals surface area contributed by atoms with Crippen LogP contribution in [0, 0.1) is 0 Å². The van der Waals surface area contributed by atoms with E-state index in [1.54, 1.807) is 32.4 Å². The lowest BCUT2D eigenvalue weighted by Crippen LogP contribution is -2.25. The number of amides is 1. The van der Waals surface area contributed by atoms with Gasteiger partial charge in [-0.1, -0.05) is 36.4 Å². The number of benzene rings is 2. The molecule has 1 amide bonds. The minimum atomic E-state index is -0.237. The van der Waals surface area contributed by atoms with E-state index in [4.69, 9.17) is 14.3 Å². The van der Waals surface area contributed by atoms with Gasteiger partial charge in [0.2, 0.25) is 5.91 Å². The fraction of sp³-hybridized carbons (Fsp3) is 0.235. The van der Waals surface area contributed by atoms with Crippen molar-refractivity contribution in [3.63, 3.8) is 0 Å². The fourth-order valence-electron chi connectivity index (χ4n) is 1.98. The highest BCUT2D eigenvalue weighted by Crippen LogP contribution is 2.24. The summed E-state index contributed by atoms with van der Waals surface area (Å²) in [6, 6.07) is 15.0. The summed E-state index contributed by atoms with van der Waals surface area (Å²) in [6.45, 7) is 0.326. The van der Waals surface area contributed by atoms with Crippen molar-refractivity contribution in [3.05, 3.63) is 59.7 Å². The third kappa shape index (κ3) is 4.49. The Morgan fingerprint density at radius 3 is 2.50 bits per heavy atom. The minimum Gasteiger partial charge on any atom is -0.497 e. The molecule has 5 nitrogen and oxygen atoms in total. The molecule has 0 aliphatic rings. The average molecular weight is 301 g/mol. The zero-order valence-electron chi connectivity index (χ0n) is 12.7. The first-order valence-corrected chi connectivity index (χ1v) is 6.88. The van der Waals surface area contributed by atoms with E-state index >= 15 is 0 Å². The van der Waals surface area contributed by atoms with E-state index in [0.717, 1.165) is 11.1 Å². The lowest BCUT2D eigenvalue weighted by atomic mass is 10.1. The van der Waals surface area contributed by atoms with E-state index < -0.39 is 0 Å². The molecular weight excluding hydrogens is 282 g/mol. The van der Waals surface area contributed by atoms with Gasteiger partial charge in [-0.25, -0.2) is 5.48 Å². The molecule has 2 aromatic rings. The Kier molecular flexibility index (Phi) is 5.80. The van der Waals surface area contributed by atoms with Gasteiger partial charge in [0.1, 0.15) is 11.5 Å². The molecule has 2 rings (SSSR count). The van der Waals surface area contributed by atoms with Gasteiger partial charge in [0.25, 0.3) is 0 Å². The lowest BCUT2D eigenvalue weighted by Gasteiger charge is -2.10. The predicted molar refractivity (Wildman–Crippen MR) is 82.6 cm³/mol. The van der Waals surface area contributed by atoms with E-state index in [1.807, 2.05) is 30.3 Å². The molecule has 116 valence electrons. The Morgan fingerprint density at radius 1 is 1.05 bits per heavy atom. The second kappa shape index (κ2) is 8.05. The molecule has 0 fully saturated rings. The zero-order valence-corrected chi connectivity index (χ0v) is 12.7. The van der Waals surface area contributed by atoms with Gasteiger partial charge in [0.15, 0.2) is 0 Å². The second-order valence-electron chi connectivity index (χ2n) is 4.65. The number of ether oxygens (including phenoxy) is 2. The number of hydrogen-bond donors (Lipinski definition) is 1. The molecule has 0 atom stereocenters. The van der Waals surface area contributed by atoms with Crippen molar-refractivity contribution in [2.45, 2.75) is 13.0 Å². The van der Waals surface area contributed by atoms with Gasteiger partial charge in [0, 0.05) is 11.6 Å². The topological polar surface area (TPSA) is 56.8 Å². The van der Waals surface area contributed by atoms with Crippen LogP contribution in [-0.2, 0) is 22.7 Å². The smallest absolute Gasteiger partial charge is 0.248 e. The molecule has 5 heteroatoms. The zero-order chi connectivity index (χ0) is 15.8. The number of nitrogens with one attached hydrogen (secondary N) is 1. The van der Waals surface area contributed by atoms with Gasteiger partial charge in [-0.15, -0.1) is 0 Å². The minimum absolute atomic E-state index is 0.169. The van der Waals surface area contributed by atoms with Crippen molar-refractivity contribution in [3.8, 4) is 11.5 Å². The third-order valence-corrected chi connectivity index (χ3v) is 3.11. The number of hydroxylamine groups is 1. The first-order valence-electron chi connectivity index (χ1n) is 6.88.